The number of benzene rings is 1. The summed E-state index contributed by atoms with van der Waals surface area (Å²) in [6.45, 7) is 1.05. The molecule has 0 amide bonds. The second-order valence-electron chi connectivity index (χ2n) is 5.30. The van der Waals surface area contributed by atoms with Crippen LogP contribution in [0, 0.1) is 23.5 Å². The van der Waals surface area contributed by atoms with Gasteiger partial charge in [0.2, 0.25) is 11.6 Å². The fourth-order valence-corrected chi connectivity index (χ4v) is 2.37. The van der Waals surface area contributed by atoms with Crippen LogP contribution in [-0.2, 0) is 4.74 Å². The van der Waals surface area contributed by atoms with E-state index in [9.17, 15) is 17.6 Å². The highest BCUT2D eigenvalue weighted by molar-refractivity contribution is 5.62. The molecule has 0 bridgehead atoms. The van der Waals surface area contributed by atoms with Gasteiger partial charge in [-0.2, -0.15) is 22.5 Å². The third-order valence-electron chi connectivity index (χ3n) is 3.56. The SMILES string of the molecule is Fc1nc(F)c(F)c(Nc2cccc(OCC3CCCO3)c2)c1F. The molecule has 0 aliphatic carbocycles. The zero-order valence-electron chi connectivity index (χ0n) is 12.5. The molecule has 1 aliphatic heterocycles. The molecule has 128 valence electrons. The van der Waals surface area contributed by atoms with Crippen LogP contribution in [0.4, 0.5) is 28.9 Å². The molecular weight excluding hydrogens is 328 g/mol. The molecule has 0 radical (unpaired) electrons. The Balaban J connectivity index is 1.75. The Morgan fingerprint density at radius 2 is 1.92 bits per heavy atom. The van der Waals surface area contributed by atoms with E-state index in [4.69, 9.17) is 9.47 Å². The van der Waals surface area contributed by atoms with Gasteiger partial charge in [-0.1, -0.05) is 6.07 Å². The Bertz CT molecular complexity index is 710. The number of halogens is 4. The predicted molar refractivity (Wildman–Crippen MR) is 78.3 cm³/mol. The van der Waals surface area contributed by atoms with Crippen LogP contribution < -0.4 is 10.1 Å². The molecule has 2 aromatic rings. The minimum Gasteiger partial charge on any atom is -0.491 e. The van der Waals surface area contributed by atoms with Crippen LogP contribution in [0.15, 0.2) is 24.3 Å². The quantitative estimate of drug-likeness (QED) is 0.660. The number of nitrogens with one attached hydrogen (secondary N) is 1. The Labute approximate surface area is 135 Å². The normalized spacial score (nSPS) is 17.1. The smallest absolute Gasteiger partial charge is 0.253 e. The molecule has 4 nitrogen and oxygen atoms in total. The molecule has 0 saturated carbocycles. The van der Waals surface area contributed by atoms with E-state index in [2.05, 4.69) is 10.3 Å². The van der Waals surface area contributed by atoms with Crippen LogP contribution in [0.1, 0.15) is 12.8 Å². The van der Waals surface area contributed by atoms with Crippen molar-refractivity contribution in [2.45, 2.75) is 18.9 Å². The maximum absolute atomic E-state index is 13.6. The van der Waals surface area contributed by atoms with Gasteiger partial charge in [0.15, 0.2) is 0 Å². The van der Waals surface area contributed by atoms with Gasteiger partial charge in [-0.15, -0.1) is 0 Å². The van der Waals surface area contributed by atoms with Crippen LogP contribution in [0.5, 0.6) is 5.75 Å². The lowest BCUT2D eigenvalue weighted by molar-refractivity contribution is 0.0680. The Morgan fingerprint density at radius 3 is 2.58 bits per heavy atom. The molecule has 1 N–H and O–H groups in total. The number of hydrogen-bond donors (Lipinski definition) is 1. The van der Waals surface area contributed by atoms with Crippen molar-refractivity contribution in [3.63, 3.8) is 0 Å². The third-order valence-corrected chi connectivity index (χ3v) is 3.56. The van der Waals surface area contributed by atoms with Crippen LogP contribution >= 0.6 is 0 Å². The van der Waals surface area contributed by atoms with Crippen molar-refractivity contribution >= 4 is 11.4 Å². The summed E-state index contributed by atoms with van der Waals surface area (Å²) in [5, 5.41) is 2.31. The number of anilines is 2. The molecule has 1 aliphatic rings. The molecule has 2 heterocycles. The summed E-state index contributed by atoms with van der Waals surface area (Å²) in [7, 11) is 0. The molecule has 1 saturated heterocycles. The second-order valence-corrected chi connectivity index (χ2v) is 5.30. The molecule has 24 heavy (non-hydrogen) atoms. The van der Waals surface area contributed by atoms with E-state index in [0.717, 1.165) is 12.8 Å². The number of hydrogen-bond acceptors (Lipinski definition) is 4. The first-order chi connectivity index (χ1) is 11.5. The zero-order valence-corrected chi connectivity index (χ0v) is 12.5. The minimum atomic E-state index is -1.72. The Morgan fingerprint density at radius 1 is 1.17 bits per heavy atom. The minimum absolute atomic E-state index is 0.0138. The molecule has 0 spiro atoms. The van der Waals surface area contributed by atoms with Crippen molar-refractivity contribution in [1.29, 1.82) is 0 Å². The highest BCUT2D eigenvalue weighted by Crippen LogP contribution is 2.27. The van der Waals surface area contributed by atoms with Crippen LogP contribution in [0.25, 0.3) is 0 Å². The van der Waals surface area contributed by atoms with Gasteiger partial charge in [0.05, 0.1) is 6.10 Å². The zero-order chi connectivity index (χ0) is 17.1. The number of aromatic nitrogens is 1. The van der Waals surface area contributed by atoms with E-state index in [1.54, 1.807) is 12.1 Å². The Hall–Kier alpha value is -2.35. The lowest BCUT2D eigenvalue weighted by Gasteiger charge is -2.13. The van der Waals surface area contributed by atoms with Crippen molar-refractivity contribution in [2.24, 2.45) is 0 Å². The van der Waals surface area contributed by atoms with Crippen molar-refractivity contribution in [1.82, 2.24) is 4.98 Å². The molecule has 1 unspecified atom stereocenters. The summed E-state index contributed by atoms with van der Waals surface area (Å²) in [6.07, 6.45) is 1.90. The van der Waals surface area contributed by atoms with Gasteiger partial charge in [0.25, 0.3) is 11.9 Å². The lowest BCUT2D eigenvalue weighted by atomic mass is 10.2. The van der Waals surface area contributed by atoms with Crippen molar-refractivity contribution in [3.05, 3.63) is 47.8 Å². The summed E-state index contributed by atoms with van der Waals surface area (Å²) >= 11 is 0. The van der Waals surface area contributed by atoms with E-state index in [1.807, 2.05) is 0 Å². The van der Waals surface area contributed by atoms with Gasteiger partial charge in [-0.25, -0.2) is 0 Å². The van der Waals surface area contributed by atoms with Gasteiger partial charge in [0.1, 0.15) is 18.0 Å². The molecule has 1 atom stereocenters. The molecule has 3 rings (SSSR count). The largest absolute Gasteiger partial charge is 0.491 e. The van der Waals surface area contributed by atoms with E-state index in [0.29, 0.717) is 19.0 Å². The highest BCUT2D eigenvalue weighted by atomic mass is 19.2. The predicted octanol–water partition coefficient (Wildman–Crippen LogP) is 3.94. The average Bonchev–Trinajstić information content (AvgIpc) is 3.09. The molecule has 1 fully saturated rings. The first kappa shape index (κ1) is 16.5. The summed E-state index contributed by atoms with van der Waals surface area (Å²) in [4.78, 5) is 2.50. The van der Waals surface area contributed by atoms with Crippen molar-refractivity contribution in [2.75, 3.05) is 18.5 Å². The summed E-state index contributed by atoms with van der Waals surface area (Å²) < 4.78 is 64.5. The number of rotatable bonds is 5. The first-order valence-electron chi connectivity index (χ1n) is 7.36. The monoisotopic (exact) mass is 342 g/mol. The summed E-state index contributed by atoms with van der Waals surface area (Å²) in [5.41, 5.74) is -0.737. The fourth-order valence-electron chi connectivity index (χ4n) is 2.37. The summed E-state index contributed by atoms with van der Waals surface area (Å²) in [6, 6.07) is 6.18. The van der Waals surface area contributed by atoms with Gasteiger partial charge >= 0.3 is 0 Å². The van der Waals surface area contributed by atoms with Gasteiger partial charge in [0, 0.05) is 18.4 Å². The van der Waals surface area contributed by atoms with Gasteiger partial charge in [-0.05, 0) is 25.0 Å². The topological polar surface area (TPSA) is 43.4 Å². The maximum atomic E-state index is 13.6. The van der Waals surface area contributed by atoms with Crippen LogP contribution in [0.3, 0.4) is 0 Å². The standard InChI is InChI=1S/C16H14F4N2O2/c17-12-14(13(18)16(20)22-15(12)19)21-9-3-1-4-10(7-9)24-8-11-5-2-6-23-11/h1,3-4,7,11H,2,5-6,8H2,(H,21,22). The molecule has 8 heteroatoms. The van der Waals surface area contributed by atoms with Crippen LogP contribution in [0.2, 0.25) is 0 Å². The van der Waals surface area contributed by atoms with Crippen LogP contribution in [-0.4, -0.2) is 24.3 Å². The third kappa shape index (κ3) is 3.59. The van der Waals surface area contributed by atoms with Crippen molar-refractivity contribution < 1.29 is 27.0 Å². The highest BCUT2D eigenvalue weighted by Gasteiger charge is 2.21. The van der Waals surface area contributed by atoms with Crippen molar-refractivity contribution in [3.8, 4) is 5.75 Å². The number of nitrogens with zero attached hydrogens (tertiary/aromatic N) is 1. The Kier molecular flexibility index (Phi) is 4.84. The van der Waals surface area contributed by atoms with Gasteiger partial charge < -0.3 is 14.8 Å². The van der Waals surface area contributed by atoms with E-state index in [-0.39, 0.29) is 11.8 Å². The van der Waals surface area contributed by atoms with E-state index in [1.165, 1.54) is 12.1 Å². The van der Waals surface area contributed by atoms with Gasteiger partial charge in [-0.3, -0.25) is 0 Å². The number of ether oxygens (including phenoxy) is 2. The molecule has 1 aromatic heterocycles. The summed E-state index contributed by atoms with van der Waals surface area (Å²) in [5.74, 6) is -6.20. The number of pyridine rings is 1. The average molecular weight is 342 g/mol. The first-order valence-corrected chi connectivity index (χ1v) is 7.36. The second kappa shape index (κ2) is 7.04. The van der Waals surface area contributed by atoms with E-state index >= 15 is 0 Å². The maximum Gasteiger partial charge on any atom is 0.253 e. The van der Waals surface area contributed by atoms with E-state index < -0.39 is 29.2 Å². The molecule has 1 aromatic carbocycles. The lowest BCUT2D eigenvalue weighted by Crippen LogP contribution is -2.16. The fraction of sp³-hybridized carbons (Fsp3) is 0.312. The molecular formula is C16H14F4N2O2.